The molecule has 0 nitrogen and oxygen atoms in total. The molecular weight excluding hydrogens is 405 g/mol. The van der Waals surface area contributed by atoms with Crippen LogP contribution in [0.2, 0.25) is 44.1 Å². The maximum atomic E-state index is 2.86. The first kappa shape index (κ1) is 26.9. The van der Waals surface area contributed by atoms with Gasteiger partial charge in [0.05, 0.1) is 23.2 Å². The minimum atomic E-state index is -1.20. The normalized spacial score (nSPS) is 14.4. The van der Waals surface area contributed by atoms with Crippen molar-refractivity contribution in [1.29, 1.82) is 0 Å². The van der Waals surface area contributed by atoms with Gasteiger partial charge in [-0.15, -0.1) is 22.4 Å². The molecule has 25 heavy (non-hydrogen) atoms. The van der Waals surface area contributed by atoms with Crippen LogP contribution in [0.4, 0.5) is 0 Å². The smallest absolute Gasteiger partial charge is 0.0736 e. The summed E-state index contributed by atoms with van der Waals surface area (Å²) in [7, 11) is -2.73. The first-order valence-corrected chi connectivity index (χ1v) is 27.6. The minimum absolute atomic E-state index is 0.292. The summed E-state index contributed by atoms with van der Waals surface area (Å²) in [6.45, 7) is 32.2. The summed E-state index contributed by atoms with van der Waals surface area (Å²) < 4.78 is 0. The second-order valence-corrected chi connectivity index (χ2v) is 45.4. The molecule has 0 atom stereocenters. The summed E-state index contributed by atoms with van der Waals surface area (Å²) in [5, 5.41) is 0. The molecule has 0 spiro atoms. The van der Waals surface area contributed by atoms with Gasteiger partial charge in [0.2, 0.25) is 0 Å². The lowest BCUT2D eigenvalue weighted by Gasteiger charge is -2.57. The Morgan fingerprint density at radius 1 is 0.440 bits per heavy atom. The average molecular weight is 455 g/mol. The standard InChI is InChI=1S/C19H49P3Si3/c1-13-20(14-2)23(7,8)19(24(9,10)21(15-3)16-4)25(11,12)22(17-5)18-6/h19H,13-18H2,1-12H3. The molecule has 0 N–H and O–H groups in total. The van der Waals surface area contributed by atoms with E-state index in [0.717, 1.165) is 0 Å². The summed E-state index contributed by atoms with van der Waals surface area (Å²) in [4.78, 5) is 1.23. The summed E-state index contributed by atoms with van der Waals surface area (Å²) in [5.74, 6) is 0. The highest BCUT2D eigenvalue weighted by molar-refractivity contribution is 8.06. The maximum absolute atomic E-state index is 2.86. The molecule has 0 fully saturated rings. The van der Waals surface area contributed by atoms with Crippen LogP contribution in [0.3, 0.4) is 0 Å². The van der Waals surface area contributed by atoms with Gasteiger partial charge in [-0.3, -0.25) is 0 Å². The molecule has 0 bridgehead atoms. The highest BCUT2D eigenvalue weighted by atomic mass is 31.4. The molecule has 0 aliphatic heterocycles. The molecule has 6 heteroatoms. The van der Waals surface area contributed by atoms with E-state index in [0.29, 0.717) is 22.4 Å². The van der Waals surface area contributed by atoms with Crippen molar-refractivity contribution in [3.8, 4) is 0 Å². The highest BCUT2D eigenvalue weighted by Gasteiger charge is 2.57. The van der Waals surface area contributed by atoms with Crippen molar-refractivity contribution in [2.45, 2.75) is 85.6 Å². The van der Waals surface area contributed by atoms with Crippen LogP contribution in [0.15, 0.2) is 0 Å². The molecule has 0 aromatic rings. The molecule has 0 rings (SSSR count). The van der Waals surface area contributed by atoms with Crippen molar-refractivity contribution in [2.75, 3.05) is 37.0 Å². The van der Waals surface area contributed by atoms with Crippen molar-refractivity contribution in [1.82, 2.24) is 0 Å². The van der Waals surface area contributed by atoms with Crippen LogP contribution in [0.25, 0.3) is 0 Å². The molecule has 0 unspecified atom stereocenters. The Kier molecular flexibility index (Phi) is 12.1. The van der Waals surface area contributed by atoms with Gasteiger partial charge in [0, 0.05) is 0 Å². The Morgan fingerprint density at radius 3 is 0.720 bits per heavy atom. The Balaban J connectivity index is 6.42. The molecule has 0 amide bonds. The first-order chi connectivity index (χ1) is 11.4. The highest BCUT2D eigenvalue weighted by Crippen LogP contribution is 2.68. The van der Waals surface area contributed by atoms with Crippen LogP contribution in [0.1, 0.15) is 41.5 Å². The zero-order valence-electron chi connectivity index (χ0n) is 19.7. The fourth-order valence-electron chi connectivity index (χ4n) is 6.26. The molecule has 0 heterocycles. The van der Waals surface area contributed by atoms with Crippen molar-refractivity contribution in [2.24, 2.45) is 0 Å². The topological polar surface area (TPSA) is 0 Å². The Bertz CT molecular complexity index is 317. The lowest BCUT2D eigenvalue weighted by Crippen LogP contribution is -2.58. The predicted molar refractivity (Wildman–Crippen MR) is 140 cm³/mol. The van der Waals surface area contributed by atoms with E-state index in [4.69, 9.17) is 0 Å². The molecule has 0 saturated carbocycles. The van der Waals surface area contributed by atoms with Crippen LogP contribution in [-0.4, -0.2) is 60.2 Å². The summed E-state index contributed by atoms with van der Waals surface area (Å²) >= 11 is 0. The zero-order valence-corrected chi connectivity index (χ0v) is 25.3. The summed E-state index contributed by atoms with van der Waals surface area (Å²) in [5.41, 5.74) is 0. The van der Waals surface area contributed by atoms with E-state index < -0.39 is 23.2 Å². The van der Waals surface area contributed by atoms with Crippen molar-refractivity contribution in [3.63, 3.8) is 0 Å². The van der Waals surface area contributed by atoms with E-state index in [1.54, 1.807) is 0 Å². The molecule has 152 valence electrons. The fraction of sp³-hybridized carbons (Fsp3) is 1.00. The van der Waals surface area contributed by atoms with Gasteiger partial charge in [0.25, 0.3) is 0 Å². The van der Waals surface area contributed by atoms with Gasteiger partial charge in [-0.2, -0.15) is 0 Å². The summed E-state index contributed by atoms with van der Waals surface area (Å²) in [6, 6.07) is 0. The fourth-order valence-corrected chi connectivity index (χ4v) is 82.3. The monoisotopic (exact) mass is 454 g/mol. The largest absolute Gasteiger partial charge is 0.119 e. The van der Waals surface area contributed by atoms with Crippen molar-refractivity contribution >= 4 is 45.6 Å². The lowest BCUT2D eigenvalue weighted by atomic mass is 11.0. The third kappa shape index (κ3) is 5.96. The molecule has 0 aromatic carbocycles. The van der Waals surface area contributed by atoms with E-state index in [1.807, 2.05) is 0 Å². The van der Waals surface area contributed by atoms with Gasteiger partial charge in [0.15, 0.2) is 0 Å². The average Bonchev–Trinajstić information content (AvgIpc) is 2.48. The number of rotatable bonds is 12. The van der Waals surface area contributed by atoms with E-state index in [2.05, 4.69) is 80.8 Å². The quantitative estimate of drug-likeness (QED) is 0.204. The van der Waals surface area contributed by atoms with E-state index in [1.165, 1.54) is 41.8 Å². The van der Waals surface area contributed by atoms with Gasteiger partial charge >= 0.3 is 0 Å². The van der Waals surface area contributed by atoms with Crippen LogP contribution < -0.4 is 0 Å². The van der Waals surface area contributed by atoms with Crippen LogP contribution >= 0.6 is 22.4 Å². The predicted octanol–water partition coefficient (Wildman–Crippen LogP) is 8.62. The third-order valence-electron chi connectivity index (χ3n) is 6.85. The Labute approximate surface area is 168 Å². The zero-order chi connectivity index (χ0) is 20.1. The maximum Gasteiger partial charge on any atom is 0.0736 e. The SMILES string of the molecule is CCP(CC)[Si](C)(C)C([Si](C)(C)P(CC)CC)[Si](C)(C)P(CC)CC. The third-order valence-corrected chi connectivity index (χ3v) is 60.6. The van der Waals surface area contributed by atoms with Crippen LogP contribution in [-0.2, 0) is 0 Å². The van der Waals surface area contributed by atoms with Gasteiger partial charge in [0.1, 0.15) is 0 Å². The van der Waals surface area contributed by atoms with Crippen LogP contribution in [0, 0.1) is 0 Å². The van der Waals surface area contributed by atoms with Gasteiger partial charge in [-0.25, -0.2) is 0 Å². The lowest BCUT2D eigenvalue weighted by molar-refractivity contribution is 1.37. The second kappa shape index (κ2) is 11.2. The molecular formula is C19H49P3Si3. The van der Waals surface area contributed by atoms with Crippen molar-refractivity contribution in [3.05, 3.63) is 0 Å². The molecule has 0 aromatic heterocycles. The molecule has 0 saturated heterocycles. The molecule has 0 aliphatic carbocycles. The second-order valence-electron chi connectivity index (χ2n) is 8.91. The Morgan fingerprint density at radius 2 is 0.600 bits per heavy atom. The first-order valence-electron chi connectivity index (χ1n) is 10.7. The number of hydrogen-bond donors (Lipinski definition) is 0. The van der Waals surface area contributed by atoms with E-state index in [-0.39, 0.29) is 0 Å². The Hall–Kier alpha value is 1.94. The molecule has 0 radical (unpaired) electrons. The number of hydrogen-bond acceptors (Lipinski definition) is 0. The van der Waals surface area contributed by atoms with Gasteiger partial charge in [-0.1, -0.05) is 80.8 Å². The van der Waals surface area contributed by atoms with Crippen molar-refractivity contribution < 1.29 is 0 Å². The molecule has 0 aliphatic rings. The van der Waals surface area contributed by atoms with E-state index >= 15 is 0 Å². The van der Waals surface area contributed by atoms with Gasteiger partial charge < -0.3 is 0 Å². The minimum Gasteiger partial charge on any atom is -0.119 e. The van der Waals surface area contributed by atoms with E-state index in [9.17, 15) is 0 Å². The van der Waals surface area contributed by atoms with Crippen LogP contribution in [0.5, 0.6) is 0 Å². The van der Waals surface area contributed by atoms with Gasteiger partial charge in [-0.05, 0) is 41.8 Å². The summed E-state index contributed by atoms with van der Waals surface area (Å²) in [6.07, 6.45) is 8.93.